The van der Waals surface area contributed by atoms with Crippen LogP contribution >= 0.6 is 22.7 Å². The number of aliphatic hydroxyl groups is 1. The molecule has 1 unspecified atom stereocenters. The van der Waals surface area contributed by atoms with Gasteiger partial charge in [0, 0.05) is 24.4 Å². The van der Waals surface area contributed by atoms with Crippen LogP contribution in [0.25, 0.3) is 0 Å². The number of para-hydroxylation sites is 1. The number of hydrogen-bond acceptors (Lipinski definition) is 6. The minimum Gasteiger partial charge on any atom is -0.453 e. The van der Waals surface area contributed by atoms with Crippen LogP contribution in [0, 0.1) is 5.92 Å². The summed E-state index contributed by atoms with van der Waals surface area (Å²) in [6.45, 7) is 3.43. The van der Waals surface area contributed by atoms with Crippen molar-refractivity contribution in [3.05, 3.63) is 75.1 Å². The molecule has 2 bridgehead atoms. The number of ether oxygens (including phenoxy) is 1. The normalized spacial score (nSPS) is 26.7. The molecule has 6 rings (SSSR count). The van der Waals surface area contributed by atoms with Gasteiger partial charge < -0.3 is 9.84 Å². The Morgan fingerprint density at radius 2 is 1.61 bits per heavy atom. The Balaban J connectivity index is 1.40. The van der Waals surface area contributed by atoms with E-state index >= 15 is 0 Å². The predicted molar refractivity (Wildman–Crippen MR) is 129 cm³/mol. The van der Waals surface area contributed by atoms with Crippen molar-refractivity contribution in [2.45, 2.75) is 37.5 Å². The first-order chi connectivity index (χ1) is 15.9. The van der Waals surface area contributed by atoms with Gasteiger partial charge in [0.15, 0.2) is 6.10 Å². The molecule has 2 aromatic heterocycles. The largest absolute Gasteiger partial charge is 0.453 e. The van der Waals surface area contributed by atoms with Gasteiger partial charge in [-0.1, -0.05) is 30.3 Å². The molecule has 3 saturated heterocycles. The zero-order valence-electron chi connectivity index (χ0n) is 18.3. The van der Waals surface area contributed by atoms with Crippen LogP contribution in [0.2, 0.25) is 0 Å². The Kier molecular flexibility index (Phi) is 5.86. The molecule has 5 heterocycles. The van der Waals surface area contributed by atoms with Crippen molar-refractivity contribution in [1.29, 1.82) is 0 Å². The number of rotatable bonds is 5. The summed E-state index contributed by atoms with van der Waals surface area (Å²) in [6.07, 6.45) is 1.18. The van der Waals surface area contributed by atoms with Gasteiger partial charge in [-0.2, -0.15) is 0 Å². The Bertz CT molecular complexity index is 1070. The van der Waals surface area contributed by atoms with Crippen molar-refractivity contribution in [2.24, 2.45) is 5.92 Å². The number of nitrogens with one attached hydrogen (secondary N) is 1. The highest BCUT2D eigenvalue weighted by Gasteiger charge is 2.58. The maximum Gasteiger partial charge on any atom is 0.421 e. The second-order valence-corrected chi connectivity index (χ2v) is 10.8. The zero-order chi connectivity index (χ0) is 23.1. The van der Waals surface area contributed by atoms with Gasteiger partial charge >= 0.3 is 12.0 Å². The van der Waals surface area contributed by atoms with Gasteiger partial charge in [-0.05, 0) is 41.9 Å². The Morgan fingerprint density at radius 3 is 2.15 bits per heavy atom. The first kappa shape index (κ1) is 22.3. The van der Waals surface area contributed by atoms with Crippen LogP contribution in [0.1, 0.15) is 29.5 Å². The predicted octanol–water partition coefficient (Wildman–Crippen LogP) is 4.82. The lowest BCUT2D eigenvalue weighted by Crippen LogP contribution is -2.72. The molecular weight excluding hydrogens is 456 g/mol. The maximum atomic E-state index is 13.6. The molecule has 3 fully saturated rings. The van der Waals surface area contributed by atoms with Crippen LogP contribution in [0.4, 0.5) is 10.5 Å². The fourth-order valence-corrected chi connectivity index (χ4v) is 7.01. The highest BCUT2D eigenvalue weighted by atomic mass is 32.1. The van der Waals surface area contributed by atoms with Gasteiger partial charge in [-0.15, -0.1) is 22.7 Å². The van der Waals surface area contributed by atoms with E-state index in [1.165, 1.54) is 22.7 Å². The number of carbonyl (C=O) groups is 2. The number of benzene rings is 1. The van der Waals surface area contributed by atoms with E-state index in [1.54, 1.807) is 12.1 Å². The summed E-state index contributed by atoms with van der Waals surface area (Å²) in [4.78, 5) is 28.1. The Hall–Kier alpha value is -2.52. The molecule has 6 nitrogen and oxygen atoms in total. The van der Waals surface area contributed by atoms with Crippen molar-refractivity contribution in [1.82, 2.24) is 0 Å². The first-order valence-electron chi connectivity index (χ1n) is 11.2. The smallest absolute Gasteiger partial charge is 0.421 e. The van der Waals surface area contributed by atoms with Crippen molar-refractivity contribution in [3.63, 3.8) is 0 Å². The van der Waals surface area contributed by atoms with Gasteiger partial charge in [0.2, 0.25) is 5.60 Å². The molecule has 0 aliphatic carbocycles. The van der Waals surface area contributed by atoms with Crippen LogP contribution in [-0.4, -0.2) is 46.8 Å². The molecular formula is C25H27N2O4S2+. The number of anilines is 1. The zero-order valence-corrected chi connectivity index (χ0v) is 20.0. The summed E-state index contributed by atoms with van der Waals surface area (Å²) in [5.41, 5.74) is -1.08. The average molecular weight is 484 g/mol. The van der Waals surface area contributed by atoms with Crippen molar-refractivity contribution >= 4 is 40.4 Å². The van der Waals surface area contributed by atoms with Gasteiger partial charge in [0.1, 0.15) is 6.04 Å². The minimum absolute atomic E-state index is 0.0697. The van der Waals surface area contributed by atoms with E-state index in [9.17, 15) is 14.7 Å². The molecule has 2 amide bonds. The number of amides is 2. The molecule has 3 aliphatic rings. The second-order valence-electron chi connectivity index (χ2n) is 8.89. The monoisotopic (exact) mass is 483 g/mol. The third-order valence-electron chi connectivity index (χ3n) is 7.24. The van der Waals surface area contributed by atoms with E-state index in [-0.39, 0.29) is 22.5 Å². The van der Waals surface area contributed by atoms with Crippen LogP contribution < -0.4 is 5.32 Å². The summed E-state index contributed by atoms with van der Waals surface area (Å²) in [5, 5.41) is 18.4. The maximum absolute atomic E-state index is 13.6. The van der Waals surface area contributed by atoms with Gasteiger partial charge in [-0.3, -0.25) is 5.32 Å². The Morgan fingerprint density at radius 1 is 1.00 bits per heavy atom. The van der Waals surface area contributed by atoms with Crippen LogP contribution in [0.5, 0.6) is 0 Å². The first-order valence-corrected chi connectivity index (χ1v) is 13.0. The highest BCUT2D eigenvalue weighted by molar-refractivity contribution is 7.12. The number of piperidine rings is 3. The number of nitrogens with zero attached hydrogens (tertiary/aromatic N) is 1. The lowest BCUT2D eigenvalue weighted by atomic mass is 9.78. The van der Waals surface area contributed by atoms with E-state index in [0.29, 0.717) is 9.75 Å². The number of carbonyl (C=O) groups excluding carboxylic acids is 2. The highest BCUT2D eigenvalue weighted by Crippen LogP contribution is 2.43. The summed E-state index contributed by atoms with van der Waals surface area (Å²) in [6, 6.07) is 16.3. The average Bonchev–Trinajstić information content (AvgIpc) is 3.57. The summed E-state index contributed by atoms with van der Waals surface area (Å²) in [5.74, 6) is -0.482. The molecule has 33 heavy (non-hydrogen) atoms. The Labute approximate surface area is 201 Å². The van der Waals surface area contributed by atoms with Crippen LogP contribution in [0.15, 0.2) is 65.4 Å². The fourth-order valence-electron chi connectivity index (χ4n) is 5.30. The van der Waals surface area contributed by atoms with Gasteiger partial charge in [0.05, 0.1) is 22.8 Å². The van der Waals surface area contributed by atoms with E-state index in [0.717, 1.165) is 31.6 Å². The molecule has 0 radical (unpaired) electrons. The van der Waals surface area contributed by atoms with E-state index in [1.807, 2.05) is 60.1 Å². The third-order valence-corrected chi connectivity index (χ3v) is 9.20. The summed E-state index contributed by atoms with van der Waals surface area (Å²) >= 11 is 2.66. The van der Waals surface area contributed by atoms with Crippen molar-refractivity contribution in [2.75, 3.05) is 18.4 Å². The van der Waals surface area contributed by atoms with Crippen molar-refractivity contribution < 1.29 is 23.9 Å². The molecule has 1 aromatic carbocycles. The minimum atomic E-state index is -1.84. The van der Waals surface area contributed by atoms with Crippen molar-refractivity contribution in [3.8, 4) is 0 Å². The third kappa shape index (κ3) is 3.71. The van der Waals surface area contributed by atoms with E-state index in [4.69, 9.17) is 4.74 Å². The number of esters is 1. The molecule has 0 saturated carbocycles. The fraction of sp³-hybridized carbons (Fsp3) is 0.360. The van der Waals surface area contributed by atoms with E-state index in [2.05, 4.69) is 5.32 Å². The summed E-state index contributed by atoms with van der Waals surface area (Å²) < 4.78 is 6.34. The standard InChI is InChI=1S/C25H26N2O4S2/c1-17-22(31-23(28)25(30,20-9-5-15-32-20)21-10-6-16-33-21)18-11-13-27(17,14-12-18)24(29)26-19-7-3-2-4-8-19/h2-10,15-18,22,30H,11-14H2,1H3/p+1/t17-,18?,22?,27?/m0/s1. The molecule has 3 aliphatic heterocycles. The second kappa shape index (κ2) is 8.68. The lowest BCUT2D eigenvalue weighted by molar-refractivity contribution is -0.893. The number of fused-ring (bicyclic) bond motifs is 3. The number of urea groups is 1. The van der Waals surface area contributed by atoms with E-state index < -0.39 is 17.7 Å². The molecule has 2 N–H and O–H groups in total. The molecule has 3 aromatic rings. The summed E-state index contributed by atoms with van der Waals surface area (Å²) in [7, 11) is 0. The SMILES string of the molecule is C[C@H]1C(OC(=O)C(O)(c2cccs2)c2cccs2)C2CC[N+]1(C(=O)Nc1ccccc1)CC2. The number of quaternary nitrogens is 1. The van der Waals surface area contributed by atoms with Gasteiger partial charge in [-0.25, -0.2) is 14.1 Å². The van der Waals surface area contributed by atoms with Gasteiger partial charge in [0.25, 0.3) is 0 Å². The topological polar surface area (TPSA) is 75.6 Å². The molecule has 172 valence electrons. The quantitative estimate of drug-likeness (QED) is 0.403. The number of hydrogen-bond donors (Lipinski definition) is 2. The molecule has 2 atom stereocenters. The molecule has 8 heteroatoms. The molecule has 0 spiro atoms. The van der Waals surface area contributed by atoms with Crippen LogP contribution in [0.3, 0.4) is 0 Å². The number of thiophene rings is 2. The van der Waals surface area contributed by atoms with Crippen LogP contribution in [-0.2, 0) is 15.1 Å². The lowest BCUT2D eigenvalue weighted by Gasteiger charge is -2.54.